The number of aromatic nitrogens is 4. The van der Waals surface area contributed by atoms with Crippen LogP contribution in [0.3, 0.4) is 0 Å². The van der Waals surface area contributed by atoms with Crippen molar-refractivity contribution in [1.82, 2.24) is 30.0 Å². The zero-order valence-corrected chi connectivity index (χ0v) is 21.7. The van der Waals surface area contributed by atoms with Gasteiger partial charge in [-0.1, -0.05) is 25.2 Å². The molecule has 0 spiro atoms. The summed E-state index contributed by atoms with van der Waals surface area (Å²) in [5.41, 5.74) is 0.974. The summed E-state index contributed by atoms with van der Waals surface area (Å²) in [7, 11) is -3.86. The molecule has 0 unspecified atom stereocenters. The molecule has 10 nitrogen and oxygen atoms in total. The van der Waals surface area contributed by atoms with E-state index in [-0.39, 0.29) is 27.4 Å². The first-order valence-corrected chi connectivity index (χ1v) is 14.0. The molecule has 1 saturated heterocycles. The Hall–Kier alpha value is -2.71. The number of nitrogens with zero attached hydrogens (tertiary/aromatic N) is 5. The predicted octanol–water partition coefficient (Wildman–Crippen LogP) is 3.15. The van der Waals surface area contributed by atoms with Gasteiger partial charge in [0, 0.05) is 43.0 Å². The minimum Gasteiger partial charge on any atom is -0.366 e. The molecule has 0 radical (unpaired) electrons. The van der Waals surface area contributed by atoms with Crippen LogP contribution in [0.2, 0.25) is 0 Å². The van der Waals surface area contributed by atoms with Crippen molar-refractivity contribution in [2.45, 2.75) is 50.5 Å². The standard InChI is InChI=1S/C22H27F2N7O3S2/c1-12(2)21(32)31-8-6-30(7-9-31)15-11-13(36(33,34)29-22(3)4-5-22)10-14-16(15)25-26-17(14)19-27-28-20(35-19)18(23)24/h10-12,18,29H,4-9H2,1-3H3,(H,25,26). The van der Waals surface area contributed by atoms with Crippen LogP contribution in [-0.2, 0) is 14.8 Å². The number of rotatable bonds is 7. The number of aromatic amines is 1. The van der Waals surface area contributed by atoms with Crippen LogP contribution >= 0.6 is 11.3 Å². The van der Waals surface area contributed by atoms with Crippen molar-refractivity contribution in [3.63, 3.8) is 0 Å². The van der Waals surface area contributed by atoms with Gasteiger partial charge >= 0.3 is 0 Å². The Morgan fingerprint density at radius 2 is 1.86 bits per heavy atom. The van der Waals surface area contributed by atoms with E-state index in [1.165, 1.54) is 6.07 Å². The summed E-state index contributed by atoms with van der Waals surface area (Å²) in [6.07, 6.45) is -1.25. The number of amides is 1. The third-order valence-corrected chi connectivity index (χ3v) is 9.13. The zero-order chi connectivity index (χ0) is 25.8. The highest BCUT2D eigenvalue weighted by Crippen LogP contribution is 2.39. The molecule has 2 aliphatic rings. The minimum absolute atomic E-state index is 0.0556. The maximum absolute atomic E-state index is 13.3. The molecule has 1 saturated carbocycles. The number of sulfonamides is 1. The van der Waals surface area contributed by atoms with Crippen LogP contribution in [-0.4, -0.2) is 71.3 Å². The topological polar surface area (TPSA) is 124 Å². The molecule has 36 heavy (non-hydrogen) atoms. The summed E-state index contributed by atoms with van der Waals surface area (Å²) in [5, 5.41) is 14.8. The zero-order valence-electron chi connectivity index (χ0n) is 20.1. The molecule has 3 aromatic rings. The molecule has 194 valence electrons. The molecule has 2 N–H and O–H groups in total. The van der Waals surface area contributed by atoms with Crippen molar-refractivity contribution in [3.05, 3.63) is 17.1 Å². The SMILES string of the molecule is CC(C)C(=O)N1CCN(c2cc(S(=O)(=O)NC3(C)CC3)cc3c(-c4nnc(C(F)F)s4)n[nH]c23)CC1. The van der Waals surface area contributed by atoms with E-state index in [1.807, 2.05) is 25.7 Å². The van der Waals surface area contributed by atoms with E-state index >= 15 is 0 Å². The molecule has 1 amide bonds. The Morgan fingerprint density at radius 1 is 1.17 bits per heavy atom. The van der Waals surface area contributed by atoms with Crippen LogP contribution in [0, 0.1) is 5.92 Å². The molecule has 2 fully saturated rings. The van der Waals surface area contributed by atoms with Crippen LogP contribution in [0.4, 0.5) is 14.5 Å². The second-order valence-electron chi connectivity index (χ2n) is 9.82. The number of nitrogens with one attached hydrogen (secondary N) is 2. The summed E-state index contributed by atoms with van der Waals surface area (Å²) in [5.74, 6) is -0.0280. The van der Waals surface area contributed by atoms with Crippen LogP contribution < -0.4 is 9.62 Å². The first-order valence-electron chi connectivity index (χ1n) is 11.7. The Kier molecular flexibility index (Phi) is 6.24. The third kappa shape index (κ3) is 4.68. The van der Waals surface area contributed by atoms with Crippen LogP contribution in [0.1, 0.15) is 45.0 Å². The highest BCUT2D eigenvalue weighted by Gasteiger charge is 2.41. The smallest absolute Gasteiger partial charge is 0.291 e. The minimum atomic E-state index is -3.86. The molecule has 0 bridgehead atoms. The fraction of sp³-hybridized carbons (Fsp3) is 0.545. The number of halogens is 2. The highest BCUT2D eigenvalue weighted by molar-refractivity contribution is 7.89. The fourth-order valence-corrected chi connectivity index (χ4v) is 6.48. The average molecular weight is 540 g/mol. The van der Waals surface area contributed by atoms with Crippen molar-refractivity contribution < 1.29 is 22.0 Å². The van der Waals surface area contributed by atoms with E-state index in [4.69, 9.17) is 0 Å². The summed E-state index contributed by atoms with van der Waals surface area (Å²) < 4.78 is 55.6. The van der Waals surface area contributed by atoms with E-state index in [0.717, 1.165) is 12.8 Å². The molecule has 1 aliphatic heterocycles. The van der Waals surface area contributed by atoms with E-state index in [9.17, 15) is 22.0 Å². The maximum atomic E-state index is 13.3. The van der Waals surface area contributed by atoms with Gasteiger partial charge in [-0.3, -0.25) is 9.89 Å². The lowest BCUT2D eigenvalue weighted by Gasteiger charge is -2.37. The van der Waals surface area contributed by atoms with Gasteiger partial charge in [-0.15, -0.1) is 10.2 Å². The van der Waals surface area contributed by atoms with Crippen LogP contribution in [0.15, 0.2) is 17.0 Å². The van der Waals surface area contributed by atoms with E-state index < -0.39 is 27.0 Å². The van der Waals surface area contributed by atoms with Gasteiger partial charge in [0.15, 0.2) is 10.0 Å². The van der Waals surface area contributed by atoms with Crippen LogP contribution in [0.25, 0.3) is 21.6 Å². The second kappa shape index (κ2) is 8.99. The Morgan fingerprint density at radius 3 is 2.44 bits per heavy atom. The van der Waals surface area contributed by atoms with Gasteiger partial charge < -0.3 is 9.80 Å². The lowest BCUT2D eigenvalue weighted by atomic mass is 10.1. The summed E-state index contributed by atoms with van der Waals surface area (Å²) in [6, 6.07) is 3.09. The van der Waals surface area contributed by atoms with E-state index in [2.05, 4.69) is 25.1 Å². The molecule has 3 heterocycles. The number of hydrogen-bond acceptors (Lipinski definition) is 8. The lowest BCUT2D eigenvalue weighted by Crippen LogP contribution is -2.50. The van der Waals surface area contributed by atoms with Crippen molar-refractivity contribution in [1.29, 1.82) is 0 Å². The first-order chi connectivity index (χ1) is 17.0. The molecule has 1 aromatic carbocycles. The van der Waals surface area contributed by atoms with Gasteiger partial charge in [0.05, 0.1) is 16.1 Å². The van der Waals surface area contributed by atoms with Gasteiger partial charge in [-0.2, -0.15) is 5.10 Å². The molecule has 5 rings (SSSR count). The number of alkyl halides is 2. The number of carbonyl (C=O) groups is 1. The van der Waals surface area contributed by atoms with Crippen molar-refractivity contribution in [2.75, 3.05) is 31.1 Å². The molecular formula is C22H27F2N7O3S2. The molecule has 14 heteroatoms. The van der Waals surface area contributed by atoms with Gasteiger partial charge in [-0.25, -0.2) is 21.9 Å². The van der Waals surface area contributed by atoms with E-state index in [0.29, 0.717) is 54.1 Å². The number of anilines is 1. The highest BCUT2D eigenvalue weighted by atomic mass is 32.2. The van der Waals surface area contributed by atoms with Crippen molar-refractivity contribution >= 4 is 43.9 Å². The molecule has 2 aromatic heterocycles. The molecular weight excluding hydrogens is 512 g/mol. The quantitative estimate of drug-likeness (QED) is 0.473. The summed E-state index contributed by atoms with van der Waals surface area (Å²) in [4.78, 5) is 16.3. The van der Waals surface area contributed by atoms with Crippen molar-refractivity contribution in [3.8, 4) is 10.7 Å². The van der Waals surface area contributed by atoms with Gasteiger partial charge in [0.2, 0.25) is 15.9 Å². The summed E-state index contributed by atoms with van der Waals surface area (Å²) >= 11 is 0.717. The van der Waals surface area contributed by atoms with Crippen LogP contribution in [0.5, 0.6) is 0 Å². The number of H-pyrrole nitrogens is 1. The van der Waals surface area contributed by atoms with Gasteiger partial charge in [0.25, 0.3) is 6.43 Å². The predicted molar refractivity (Wildman–Crippen MR) is 132 cm³/mol. The Labute approximate surface area is 211 Å². The third-order valence-electron chi connectivity index (χ3n) is 6.57. The largest absolute Gasteiger partial charge is 0.366 e. The fourth-order valence-electron chi connectivity index (χ4n) is 4.27. The Bertz CT molecular complexity index is 1410. The molecule has 1 aliphatic carbocycles. The van der Waals surface area contributed by atoms with Crippen molar-refractivity contribution in [2.24, 2.45) is 5.92 Å². The Balaban J connectivity index is 1.57. The lowest BCUT2D eigenvalue weighted by molar-refractivity contribution is -0.134. The summed E-state index contributed by atoms with van der Waals surface area (Å²) in [6.45, 7) is 7.58. The second-order valence-corrected chi connectivity index (χ2v) is 12.5. The van der Waals surface area contributed by atoms with Gasteiger partial charge in [0.1, 0.15) is 5.69 Å². The number of carbonyl (C=O) groups excluding carboxylic acids is 1. The first kappa shape index (κ1) is 25.0. The monoisotopic (exact) mass is 539 g/mol. The maximum Gasteiger partial charge on any atom is 0.291 e. The number of benzene rings is 1. The normalized spacial score (nSPS) is 18.0. The number of piperazine rings is 1. The number of fused-ring (bicyclic) bond motifs is 1. The number of hydrogen-bond donors (Lipinski definition) is 2. The average Bonchev–Trinajstić information content (AvgIpc) is 3.22. The van der Waals surface area contributed by atoms with Gasteiger partial charge in [-0.05, 0) is 31.9 Å². The van der Waals surface area contributed by atoms with E-state index in [1.54, 1.807) is 11.0 Å². The molecule has 0 atom stereocenters.